The number of carbonyl (C=O) groups excluding carboxylic acids is 1. The van der Waals surface area contributed by atoms with Crippen molar-refractivity contribution in [2.75, 3.05) is 0 Å². The van der Waals surface area contributed by atoms with Crippen molar-refractivity contribution in [2.45, 2.75) is 56.9 Å². The van der Waals surface area contributed by atoms with Crippen LogP contribution in [0, 0.1) is 0 Å². The Labute approximate surface area is 118 Å². The maximum atomic E-state index is 12.1. The molecule has 0 spiro atoms. The molecular formula is C14H21N3O3. The highest BCUT2D eigenvalue weighted by molar-refractivity contribution is 5.78. The molecule has 1 aliphatic carbocycles. The number of hydrogen-bond donors (Lipinski definition) is 3. The van der Waals surface area contributed by atoms with E-state index in [4.69, 9.17) is 5.11 Å². The Bertz CT molecular complexity index is 450. The molecule has 0 saturated heterocycles. The fourth-order valence-corrected chi connectivity index (χ4v) is 2.89. The van der Waals surface area contributed by atoms with Crippen LogP contribution in [-0.2, 0) is 16.0 Å². The second kappa shape index (κ2) is 6.54. The van der Waals surface area contributed by atoms with E-state index in [0.717, 1.165) is 37.7 Å². The van der Waals surface area contributed by atoms with Crippen LogP contribution in [0.25, 0.3) is 0 Å². The number of carboxylic acid groups (broad SMARTS) is 1. The van der Waals surface area contributed by atoms with Crippen LogP contribution < -0.4 is 5.32 Å². The quantitative estimate of drug-likeness (QED) is 0.737. The van der Waals surface area contributed by atoms with Crippen LogP contribution in [0.15, 0.2) is 12.4 Å². The lowest BCUT2D eigenvalue weighted by Crippen LogP contribution is -2.51. The molecule has 1 fully saturated rings. The number of hydrogen-bond acceptors (Lipinski definition) is 3. The van der Waals surface area contributed by atoms with Crippen molar-refractivity contribution in [3.63, 3.8) is 0 Å². The topological polar surface area (TPSA) is 95.1 Å². The molecule has 3 N–H and O–H groups in total. The zero-order valence-corrected chi connectivity index (χ0v) is 11.5. The summed E-state index contributed by atoms with van der Waals surface area (Å²) in [5.74, 6) is -0.920. The van der Waals surface area contributed by atoms with Crippen molar-refractivity contribution in [3.05, 3.63) is 18.0 Å². The van der Waals surface area contributed by atoms with Crippen LogP contribution in [0.1, 0.15) is 50.5 Å². The number of rotatable bonds is 6. The van der Waals surface area contributed by atoms with Crippen molar-refractivity contribution < 1.29 is 14.7 Å². The lowest BCUT2D eigenvalue weighted by atomic mass is 9.79. The molecular weight excluding hydrogens is 258 g/mol. The summed E-state index contributed by atoms with van der Waals surface area (Å²) in [5.41, 5.74) is 0.438. The molecule has 2 rings (SSSR count). The molecule has 0 radical (unpaired) electrons. The molecule has 110 valence electrons. The summed E-state index contributed by atoms with van der Waals surface area (Å²) >= 11 is 0. The fourth-order valence-electron chi connectivity index (χ4n) is 2.89. The smallest absolute Gasteiger partial charge is 0.305 e. The molecule has 1 aromatic heterocycles. The van der Waals surface area contributed by atoms with Crippen LogP contribution in [0.2, 0.25) is 0 Å². The molecule has 6 nitrogen and oxygen atoms in total. The summed E-state index contributed by atoms with van der Waals surface area (Å²) in [6.45, 7) is 0. The number of nitrogens with zero attached hydrogens (tertiary/aromatic N) is 1. The van der Waals surface area contributed by atoms with Crippen LogP contribution in [0.3, 0.4) is 0 Å². The van der Waals surface area contributed by atoms with E-state index in [-0.39, 0.29) is 12.3 Å². The van der Waals surface area contributed by atoms with E-state index in [1.54, 1.807) is 12.4 Å². The first kappa shape index (κ1) is 14.6. The van der Waals surface area contributed by atoms with Gasteiger partial charge in [0, 0.05) is 12.6 Å². The summed E-state index contributed by atoms with van der Waals surface area (Å²) in [7, 11) is 0. The van der Waals surface area contributed by atoms with E-state index in [1.807, 2.05) is 0 Å². The normalized spacial score (nSPS) is 17.6. The first-order valence-corrected chi connectivity index (χ1v) is 7.10. The van der Waals surface area contributed by atoms with Crippen LogP contribution >= 0.6 is 0 Å². The van der Waals surface area contributed by atoms with E-state index in [0.29, 0.717) is 12.8 Å². The number of aliphatic carboxylic acids is 1. The summed E-state index contributed by atoms with van der Waals surface area (Å²) < 4.78 is 0. The largest absolute Gasteiger partial charge is 0.481 e. The van der Waals surface area contributed by atoms with Gasteiger partial charge in [-0.15, -0.1) is 0 Å². The lowest BCUT2D eigenvalue weighted by Gasteiger charge is -2.37. The number of H-pyrrole nitrogens is 1. The van der Waals surface area contributed by atoms with E-state index in [9.17, 15) is 9.59 Å². The van der Waals surface area contributed by atoms with E-state index in [1.165, 1.54) is 0 Å². The highest BCUT2D eigenvalue weighted by atomic mass is 16.4. The van der Waals surface area contributed by atoms with Crippen molar-refractivity contribution in [2.24, 2.45) is 0 Å². The molecule has 1 aromatic rings. The highest BCUT2D eigenvalue weighted by Crippen LogP contribution is 2.31. The maximum absolute atomic E-state index is 12.1. The van der Waals surface area contributed by atoms with Gasteiger partial charge in [0.25, 0.3) is 0 Å². The van der Waals surface area contributed by atoms with Gasteiger partial charge in [0.1, 0.15) is 0 Å². The third-order valence-corrected chi connectivity index (χ3v) is 3.90. The van der Waals surface area contributed by atoms with Gasteiger partial charge in [-0.05, 0) is 24.8 Å². The summed E-state index contributed by atoms with van der Waals surface area (Å²) in [6, 6.07) is 0. The summed E-state index contributed by atoms with van der Waals surface area (Å²) in [5, 5.41) is 18.6. The molecule has 1 heterocycles. The third-order valence-electron chi connectivity index (χ3n) is 3.90. The monoisotopic (exact) mass is 279 g/mol. The minimum Gasteiger partial charge on any atom is -0.481 e. The van der Waals surface area contributed by atoms with Crippen LogP contribution in [-0.4, -0.2) is 32.7 Å². The molecule has 0 bridgehead atoms. The second-order valence-corrected chi connectivity index (χ2v) is 5.57. The summed E-state index contributed by atoms with van der Waals surface area (Å²) in [6.07, 6.45) is 9.06. The molecule has 1 saturated carbocycles. The molecule has 20 heavy (non-hydrogen) atoms. The van der Waals surface area contributed by atoms with Gasteiger partial charge in [-0.1, -0.05) is 19.3 Å². The van der Waals surface area contributed by atoms with Gasteiger partial charge in [-0.2, -0.15) is 5.10 Å². The number of aromatic amines is 1. The Morgan fingerprint density at radius 3 is 2.70 bits per heavy atom. The Kier molecular flexibility index (Phi) is 4.76. The third kappa shape index (κ3) is 4.08. The van der Waals surface area contributed by atoms with Gasteiger partial charge < -0.3 is 10.4 Å². The fraction of sp³-hybridized carbons (Fsp3) is 0.643. The molecule has 0 aromatic carbocycles. The second-order valence-electron chi connectivity index (χ2n) is 5.57. The molecule has 0 unspecified atom stereocenters. The van der Waals surface area contributed by atoms with Gasteiger partial charge in [-0.25, -0.2) is 0 Å². The zero-order chi connectivity index (χ0) is 14.4. The summed E-state index contributed by atoms with van der Waals surface area (Å²) in [4.78, 5) is 23.1. The van der Waals surface area contributed by atoms with E-state index >= 15 is 0 Å². The predicted octanol–water partition coefficient (Wildman–Crippen LogP) is 1.64. The van der Waals surface area contributed by atoms with Gasteiger partial charge in [0.2, 0.25) is 5.91 Å². The number of nitrogens with one attached hydrogen (secondary N) is 2. The number of aromatic nitrogens is 2. The number of carboxylic acids is 1. The van der Waals surface area contributed by atoms with Crippen molar-refractivity contribution in [3.8, 4) is 0 Å². The Hall–Kier alpha value is -1.85. The maximum Gasteiger partial charge on any atom is 0.305 e. The van der Waals surface area contributed by atoms with Crippen LogP contribution in [0.4, 0.5) is 0 Å². The molecule has 6 heteroatoms. The number of aryl methyl sites for hydroxylation is 1. The lowest BCUT2D eigenvalue weighted by molar-refractivity contribution is -0.139. The number of carbonyl (C=O) groups is 2. The zero-order valence-electron chi connectivity index (χ0n) is 11.5. The first-order valence-electron chi connectivity index (χ1n) is 7.10. The standard InChI is InChI=1S/C14H21N3O3/c18-12(5-4-11-9-15-16-10-11)17-14(8-13(19)20)6-2-1-3-7-14/h9-10H,1-8H2,(H,15,16)(H,17,18)(H,19,20). The molecule has 1 amide bonds. The van der Waals surface area contributed by atoms with Gasteiger partial charge in [0.15, 0.2) is 0 Å². The molecule has 0 atom stereocenters. The van der Waals surface area contributed by atoms with Crippen molar-refractivity contribution in [1.29, 1.82) is 0 Å². The highest BCUT2D eigenvalue weighted by Gasteiger charge is 2.35. The number of amides is 1. The Morgan fingerprint density at radius 2 is 2.10 bits per heavy atom. The van der Waals surface area contributed by atoms with Crippen molar-refractivity contribution in [1.82, 2.24) is 15.5 Å². The average Bonchev–Trinajstić information content (AvgIpc) is 2.89. The van der Waals surface area contributed by atoms with E-state index in [2.05, 4.69) is 15.5 Å². The minimum absolute atomic E-state index is 0.0183. The SMILES string of the molecule is O=C(O)CC1(NC(=O)CCc2cn[nH]c2)CCCCC1. The van der Waals surface area contributed by atoms with E-state index < -0.39 is 11.5 Å². The minimum atomic E-state index is -0.845. The Balaban J connectivity index is 1.89. The van der Waals surface area contributed by atoms with Crippen molar-refractivity contribution >= 4 is 11.9 Å². The van der Waals surface area contributed by atoms with Gasteiger partial charge >= 0.3 is 5.97 Å². The Morgan fingerprint density at radius 1 is 1.35 bits per heavy atom. The average molecular weight is 279 g/mol. The molecule has 0 aliphatic heterocycles. The predicted molar refractivity (Wildman–Crippen MR) is 73.1 cm³/mol. The first-order chi connectivity index (χ1) is 9.60. The van der Waals surface area contributed by atoms with Gasteiger partial charge in [-0.3, -0.25) is 14.7 Å². The van der Waals surface area contributed by atoms with Gasteiger partial charge in [0.05, 0.1) is 18.2 Å². The molecule has 1 aliphatic rings. The van der Waals surface area contributed by atoms with Crippen LogP contribution in [0.5, 0.6) is 0 Å².